The summed E-state index contributed by atoms with van der Waals surface area (Å²) in [5.74, 6) is -1.32. The molecule has 0 radical (unpaired) electrons. The van der Waals surface area contributed by atoms with Gasteiger partial charge in [0.25, 0.3) is 0 Å². The number of rotatable bonds is 6. The monoisotopic (exact) mass is 372 g/mol. The van der Waals surface area contributed by atoms with Gasteiger partial charge >= 0.3 is 5.97 Å². The predicted molar refractivity (Wildman–Crippen MR) is 100 cm³/mol. The highest BCUT2D eigenvalue weighted by atomic mass is 35.5. The van der Waals surface area contributed by atoms with Crippen LogP contribution in [0.2, 0.25) is 5.02 Å². The smallest absolute Gasteiger partial charge is 0.307 e. The van der Waals surface area contributed by atoms with Crippen LogP contribution in [0.3, 0.4) is 0 Å². The van der Waals surface area contributed by atoms with Crippen LogP contribution in [-0.4, -0.2) is 41.5 Å². The zero-order valence-electron chi connectivity index (χ0n) is 14.3. The van der Waals surface area contributed by atoms with Crippen molar-refractivity contribution in [2.45, 2.75) is 12.5 Å². The standard InChI is InChI=1S/C20H21ClN2O3/c21-17-8-4-7-15(11-17)19(14-5-2-1-3-6-14)22-18(24)13-23-10-9-16(12-23)20(25)26/h1-8,11,16,19H,9-10,12-13H2,(H,22,24)(H,25,26). The summed E-state index contributed by atoms with van der Waals surface area (Å²) in [6.07, 6.45) is 0.582. The van der Waals surface area contributed by atoms with Crippen LogP contribution in [0.4, 0.5) is 0 Å². The number of likely N-dealkylation sites (tertiary alicyclic amines) is 1. The Balaban J connectivity index is 1.72. The Morgan fingerprint density at radius 1 is 1.15 bits per heavy atom. The van der Waals surface area contributed by atoms with E-state index in [-0.39, 0.29) is 24.4 Å². The lowest BCUT2D eigenvalue weighted by Gasteiger charge is -2.22. The number of hydrogen-bond acceptors (Lipinski definition) is 3. The van der Waals surface area contributed by atoms with E-state index in [1.807, 2.05) is 53.4 Å². The molecular formula is C20H21ClN2O3. The van der Waals surface area contributed by atoms with Gasteiger partial charge in [0.1, 0.15) is 0 Å². The van der Waals surface area contributed by atoms with Gasteiger partial charge in [-0.15, -0.1) is 0 Å². The van der Waals surface area contributed by atoms with Gasteiger partial charge in [-0.05, 0) is 36.2 Å². The van der Waals surface area contributed by atoms with E-state index in [9.17, 15) is 9.59 Å². The maximum Gasteiger partial charge on any atom is 0.307 e. The number of carbonyl (C=O) groups is 2. The molecule has 2 unspecified atom stereocenters. The minimum atomic E-state index is -0.797. The van der Waals surface area contributed by atoms with E-state index in [0.29, 0.717) is 24.5 Å². The van der Waals surface area contributed by atoms with Gasteiger partial charge in [-0.25, -0.2) is 0 Å². The molecule has 0 saturated carbocycles. The number of carboxylic acid groups (broad SMARTS) is 1. The van der Waals surface area contributed by atoms with Gasteiger partial charge in [-0.3, -0.25) is 14.5 Å². The maximum atomic E-state index is 12.6. The van der Waals surface area contributed by atoms with Crippen LogP contribution in [-0.2, 0) is 9.59 Å². The molecule has 1 fully saturated rings. The molecule has 5 nitrogen and oxygen atoms in total. The van der Waals surface area contributed by atoms with Gasteiger partial charge in [-0.1, -0.05) is 54.1 Å². The van der Waals surface area contributed by atoms with Crippen LogP contribution in [0, 0.1) is 5.92 Å². The molecule has 6 heteroatoms. The number of nitrogens with one attached hydrogen (secondary N) is 1. The number of benzene rings is 2. The van der Waals surface area contributed by atoms with Crippen LogP contribution in [0.1, 0.15) is 23.6 Å². The molecule has 1 aliphatic heterocycles. The SMILES string of the molecule is O=C(CN1CCC(C(=O)O)C1)NC(c1ccccc1)c1cccc(Cl)c1. The largest absolute Gasteiger partial charge is 0.481 e. The second kappa shape index (κ2) is 8.34. The number of hydrogen-bond donors (Lipinski definition) is 2. The molecule has 2 atom stereocenters. The molecule has 1 saturated heterocycles. The average Bonchev–Trinajstić information content (AvgIpc) is 3.09. The summed E-state index contributed by atoms with van der Waals surface area (Å²) in [4.78, 5) is 25.5. The third kappa shape index (κ3) is 4.62. The zero-order chi connectivity index (χ0) is 18.5. The Morgan fingerprint density at radius 3 is 2.54 bits per heavy atom. The van der Waals surface area contributed by atoms with Crippen molar-refractivity contribution >= 4 is 23.5 Å². The highest BCUT2D eigenvalue weighted by Gasteiger charge is 2.29. The van der Waals surface area contributed by atoms with Crippen LogP contribution >= 0.6 is 11.6 Å². The molecule has 0 aliphatic carbocycles. The summed E-state index contributed by atoms with van der Waals surface area (Å²) in [6, 6.07) is 16.8. The third-order valence-electron chi connectivity index (χ3n) is 4.61. The van der Waals surface area contributed by atoms with Crippen molar-refractivity contribution in [1.82, 2.24) is 10.2 Å². The molecule has 136 valence electrons. The van der Waals surface area contributed by atoms with E-state index in [2.05, 4.69) is 5.32 Å². The van der Waals surface area contributed by atoms with Crippen LogP contribution in [0.25, 0.3) is 0 Å². The lowest BCUT2D eigenvalue weighted by molar-refractivity contribution is -0.141. The molecule has 26 heavy (non-hydrogen) atoms. The minimum Gasteiger partial charge on any atom is -0.481 e. The van der Waals surface area contributed by atoms with Crippen molar-refractivity contribution < 1.29 is 14.7 Å². The molecule has 1 heterocycles. The molecule has 0 spiro atoms. The number of aliphatic carboxylic acids is 1. The van der Waals surface area contributed by atoms with Crippen LogP contribution in [0.15, 0.2) is 54.6 Å². The molecule has 0 aromatic heterocycles. The summed E-state index contributed by atoms with van der Waals surface area (Å²) < 4.78 is 0. The van der Waals surface area contributed by atoms with Gasteiger partial charge in [0, 0.05) is 11.6 Å². The first kappa shape index (κ1) is 18.4. The highest BCUT2D eigenvalue weighted by molar-refractivity contribution is 6.30. The third-order valence-corrected chi connectivity index (χ3v) is 4.84. The highest BCUT2D eigenvalue weighted by Crippen LogP contribution is 2.24. The Morgan fingerprint density at radius 2 is 1.88 bits per heavy atom. The molecule has 1 aliphatic rings. The van der Waals surface area contributed by atoms with E-state index < -0.39 is 5.97 Å². The fraction of sp³-hybridized carbons (Fsp3) is 0.300. The van der Waals surface area contributed by atoms with Crippen molar-refractivity contribution in [2.75, 3.05) is 19.6 Å². The lowest BCUT2D eigenvalue weighted by Crippen LogP contribution is -2.38. The first-order valence-corrected chi connectivity index (χ1v) is 8.95. The van der Waals surface area contributed by atoms with Gasteiger partial charge in [0.05, 0.1) is 18.5 Å². The quantitative estimate of drug-likeness (QED) is 0.818. The van der Waals surface area contributed by atoms with Crippen LogP contribution < -0.4 is 5.32 Å². The zero-order valence-corrected chi connectivity index (χ0v) is 15.0. The first-order chi connectivity index (χ1) is 12.5. The molecule has 2 aromatic carbocycles. The van der Waals surface area contributed by atoms with E-state index >= 15 is 0 Å². The van der Waals surface area contributed by atoms with Gasteiger partial charge in [-0.2, -0.15) is 0 Å². The topological polar surface area (TPSA) is 69.6 Å². The fourth-order valence-electron chi connectivity index (χ4n) is 3.28. The van der Waals surface area contributed by atoms with Crippen molar-refractivity contribution in [1.29, 1.82) is 0 Å². The predicted octanol–water partition coefficient (Wildman–Crippen LogP) is 2.95. The Bertz CT molecular complexity index is 782. The fourth-order valence-corrected chi connectivity index (χ4v) is 3.48. The van der Waals surface area contributed by atoms with Crippen molar-refractivity contribution in [2.24, 2.45) is 5.92 Å². The van der Waals surface area contributed by atoms with Crippen LogP contribution in [0.5, 0.6) is 0 Å². The van der Waals surface area contributed by atoms with E-state index in [4.69, 9.17) is 16.7 Å². The van der Waals surface area contributed by atoms with Crippen molar-refractivity contribution in [3.05, 3.63) is 70.7 Å². The number of halogens is 1. The van der Waals surface area contributed by atoms with Crippen molar-refractivity contribution in [3.63, 3.8) is 0 Å². The summed E-state index contributed by atoms with van der Waals surface area (Å²) in [5, 5.41) is 12.8. The summed E-state index contributed by atoms with van der Waals surface area (Å²) >= 11 is 6.12. The Hall–Kier alpha value is -2.37. The normalized spacial score (nSPS) is 18.4. The van der Waals surface area contributed by atoms with Gasteiger partial charge in [0.2, 0.25) is 5.91 Å². The first-order valence-electron chi connectivity index (χ1n) is 8.58. The summed E-state index contributed by atoms with van der Waals surface area (Å²) in [7, 11) is 0. The summed E-state index contributed by atoms with van der Waals surface area (Å²) in [6.45, 7) is 1.22. The van der Waals surface area contributed by atoms with Gasteiger partial charge in [0.15, 0.2) is 0 Å². The lowest BCUT2D eigenvalue weighted by atomic mass is 9.98. The summed E-state index contributed by atoms with van der Waals surface area (Å²) in [5.41, 5.74) is 1.87. The molecule has 1 amide bonds. The van der Waals surface area contributed by atoms with E-state index in [1.165, 1.54) is 0 Å². The molecule has 2 N–H and O–H groups in total. The van der Waals surface area contributed by atoms with Crippen molar-refractivity contribution in [3.8, 4) is 0 Å². The molecule has 3 rings (SSSR count). The number of nitrogens with zero attached hydrogens (tertiary/aromatic N) is 1. The maximum absolute atomic E-state index is 12.6. The average molecular weight is 373 g/mol. The Labute approximate surface area is 157 Å². The molecule has 0 bridgehead atoms. The second-order valence-electron chi connectivity index (χ2n) is 6.53. The van der Waals surface area contributed by atoms with E-state index in [1.54, 1.807) is 6.07 Å². The number of carbonyl (C=O) groups excluding carboxylic acids is 1. The Kier molecular flexibility index (Phi) is 5.91. The number of amides is 1. The number of carboxylic acids is 1. The molecular weight excluding hydrogens is 352 g/mol. The second-order valence-corrected chi connectivity index (χ2v) is 6.96. The van der Waals surface area contributed by atoms with Gasteiger partial charge < -0.3 is 10.4 Å². The minimum absolute atomic E-state index is 0.134. The van der Waals surface area contributed by atoms with E-state index in [0.717, 1.165) is 11.1 Å². The molecule has 2 aromatic rings.